The highest BCUT2D eigenvalue weighted by Gasteiger charge is 2.27. The van der Waals surface area contributed by atoms with Gasteiger partial charge in [-0.2, -0.15) is 0 Å². The molecule has 2 atom stereocenters. The number of ether oxygens (including phenoxy) is 2. The van der Waals surface area contributed by atoms with E-state index in [1.807, 2.05) is 21.1 Å². The average molecular weight is 1020 g/mol. The smallest absolute Gasteiger partial charge is 0.462 e. The summed E-state index contributed by atoms with van der Waals surface area (Å²) >= 11 is 0. The number of esters is 2. The van der Waals surface area contributed by atoms with Crippen molar-refractivity contribution < 1.29 is 42.1 Å². The van der Waals surface area contributed by atoms with E-state index in [0.29, 0.717) is 23.9 Å². The van der Waals surface area contributed by atoms with Crippen LogP contribution in [-0.4, -0.2) is 74.9 Å². The maximum atomic E-state index is 12.8. The Hall–Kier alpha value is -2.55. The van der Waals surface area contributed by atoms with E-state index in [1.165, 1.54) is 141 Å². The van der Waals surface area contributed by atoms with Crippen molar-refractivity contribution in [3.8, 4) is 0 Å². The van der Waals surface area contributed by atoms with Gasteiger partial charge in [-0.3, -0.25) is 18.6 Å². The van der Waals surface area contributed by atoms with E-state index in [9.17, 15) is 19.0 Å². The van der Waals surface area contributed by atoms with Gasteiger partial charge < -0.3 is 18.9 Å². The number of phosphoric ester groups is 1. The summed E-state index contributed by atoms with van der Waals surface area (Å²) in [5.74, 6) is -0.791. The lowest BCUT2D eigenvalue weighted by molar-refractivity contribution is -0.870. The van der Waals surface area contributed by atoms with Crippen molar-refractivity contribution in [1.82, 2.24) is 0 Å². The molecule has 0 aromatic carbocycles. The molecule has 0 aromatic rings. The van der Waals surface area contributed by atoms with Gasteiger partial charge in [-0.1, -0.05) is 247 Å². The minimum Gasteiger partial charge on any atom is -0.462 e. The summed E-state index contributed by atoms with van der Waals surface area (Å²) in [5.41, 5.74) is 0. The maximum absolute atomic E-state index is 12.8. The van der Waals surface area contributed by atoms with E-state index < -0.39 is 26.5 Å². The zero-order valence-corrected chi connectivity index (χ0v) is 47.6. The predicted molar refractivity (Wildman–Crippen MR) is 302 cm³/mol. The highest BCUT2D eigenvalue weighted by molar-refractivity contribution is 7.47. The average Bonchev–Trinajstić information content (AvgIpc) is 3.33. The van der Waals surface area contributed by atoms with Crippen LogP contribution in [0.2, 0.25) is 0 Å². The molecule has 412 valence electrons. The largest absolute Gasteiger partial charge is 0.472 e. The van der Waals surface area contributed by atoms with Crippen LogP contribution in [-0.2, 0) is 32.7 Å². The molecule has 0 rings (SSSR count). The van der Waals surface area contributed by atoms with Gasteiger partial charge in [0.15, 0.2) is 6.10 Å². The molecular formula is C61H111NO8P+. The van der Waals surface area contributed by atoms with Gasteiger partial charge >= 0.3 is 19.8 Å². The Morgan fingerprint density at radius 3 is 1.20 bits per heavy atom. The molecule has 0 spiro atoms. The number of quaternary nitrogens is 1. The molecular weight excluding hydrogens is 906 g/mol. The first-order chi connectivity index (χ1) is 34.5. The molecule has 0 saturated heterocycles. The van der Waals surface area contributed by atoms with Gasteiger partial charge in [-0.25, -0.2) is 4.57 Å². The molecule has 9 nitrogen and oxygen atoms in total. The third-order valence-corrected chi connectivity index (χ3v) is 13.5. The molecule has 0 radical (unpaired) electrons. The zero-order valence-electron chi connectivity index (χ0n) is 46.7. The van der Waals surface area contributed by atoms with Crippen LogP contribution in [0.1, 0.15) is 251 Å². The first-order valence-electron chi connectivity index (χ1n) is 29.2. The quantitative estimate of drug-likeness (QED) is 0.0211. The first-order valence-corrected chi connectivity index (χ1v) is 30.7. The number of unbranched alkanes of at least 4 members (excludes halogenated alkanes) is 27. The molecule has 0 aliphatic rings. The third kappa shape index (κ3) is 56.6. The fourth-order valence-electron chi connectivity index (χ4n) is 8.02. The Morgan fingerprint density at radius 2 is 0.803 bits per heavy atom. The van der Waals surface area contributed by atoms with Crippen LogP contribution in [0.5, 0.6) is 0 Å². The number of hydrogen-bond acceptors (Lipinski definition) is 7. The van der Waals surface area contributed by atoms with Crippen molar-refractivity contribution in [3.05, 3.63) is 72.9 Å². The Morgan fingerprint density at radius 1 is 0.451 bits per heavy atom. The lowest BCUT2D eigenvalue weighted by Crippen LogP contribution is -2.37. The number of rotatable bonds is 53. The molecule has 0 aliphatic carbocycles. The van der Waals surface area contributed by atoms with E-state index in [1.54, 1.807) is 0 Å². The second-order valence-electron chi connectivity index (χ2n) is 20.7. The molecule has 1 N–H and O–H groups in total. The van der Waals surface area contributed by atoms with E-state index in [0.717, 1.165) is 77.0 Å². The molecule has 0 aliphatic heterocycles. The molecule has 0 aromatic heterocycles. The Bertz CT molecular complexity index is 1430. The van der Waals surface area contributed by atoms with E-state index >= 15 is 0 Å². The molecule has 10 heteroatoms. The summed E-state index contributed by atoms with van der Waals surface area (Å²) in [6.07, 6.45) is 68.3. The van der Waals surface area contributed by atoms with Crippen molar-refractivity contribution >= 4 is 19.8 Å². The molecule has 0 bridgehead atoms. The van der Waals surface area contributed by atoms with Crippen molar-refractivity contribution in [2.75, 3.05) is 47.5 Å². The number of likely N-dealkylation sites (N-methyl/N-ethyl adjacent to an activating group) is 1. The SMILES string of the molecule is CC/C=C\C/C=C\C/C=C\C/C=C\C/C=C\C/C=C\CCCCCCCCCCCCCCCCC(=O)OC(COC(=O)CCCCCCCCCCCCCCCC)COP(=O)(O)OCC[N+](C)(C)C. The van der Waals surface area contributed by atoms with E-state index in [4.69, 9.17) is 18.5 Å². The van der Waals surface area contributed by atoms with Crippen molar-refractivity contribution in [2.24, 2.45) is 0 Å². The summed E-state index contributed by atoms with van der Waals surface area (Å²) in [6.45, 7) is 4.34. The lowest BCUT2D eigenvalue weighted by atomic mass is 10.0. The van der Waals surface area contributed by atoms with Crippen LogP contribution in [0, 0.1) is 0 Å². The normalized spacial score (nSPS) is 13.8. The van der Waals surface area contributed by atoms with Crippen LogP contribution < -0.4 is 0 Å². The van der Waals surface area contributed by atoms with Crippen LogP contribution in [0.25, 0.3) is 0 Å². The standard InChI is InChI=1S/C61H110NO8P/c1-6-8-10-12-14-16-18-20-22-23-24-25-26-27-28-29-30-31-32-33-34-35-36-37-38-39-40-42-44-46-48-50-52-54-61(64)70-59(58-69-71(65,66)68-56-55-62(3,4)5)57-67-60(63)53-51-49-47-45-43-41-21-19-17-15-13-11-9-7-2/h8,10,14,16,20,22,24-25,27-28,30-31,59H,6-7,9,11-13,15,17-19,21,23,26,29,32-58H2,1-5H3/p+1/b10-8-,16-14-,22-20-,25-24-,28-27-,31-30-. The summed E-state index contributed by atoms with van der Waals surface area (Å²) in [6, 6.07) is 0. The second kappa shape index (κ2) is 52.3. The Labute approximate surface area is 438 Å². The van der Waals surface area contributed by atoms with Crippen LogP contribution in [0.3, 0.4) is 0 Å². The van der Waals surface area contributed by atoms with E-state index in [2.05, 4.69) is 86.8 Å². The molecule has 0 saturated carbocycles. The highest BCUT2D eigenvalue weighted by atomic mass is 31.2. The minimum absolute atomic E-state index is 0.0314. The number of allylic oxidation sites excluding steroid dienone is 12. The number of carbonyl (C=O) groups excluding carboxylic acids is 2. The Balaban J connectivity index is 4.07. The van der Waals surface area contributed by atoms with Crippen molar-refractivity contribution in [3.63, 3.8) is 0 Å². The minimum atomic E-state index is -4.38. The van der Waals surface area contributed by atoms with Crippen molar-refractivity contribution in [2.45, 2.75) is 258 Å². The lowest BCUT2D eigenvalue weighted by Gasteiger charge is -2.24. The Kier molecular flexibility index (Phi) is 50.4. The van der Waals surface area contributed by atoms with Crippen LogP contribution in [0.15, 0.2) is 72.9 Å². The van der Waals surface area contributed by atoms with Gasteiger partial charge in [-0.05, 0) is 64.2 Å². The monoisotopic (exact) mass is 1020 g/mol. The molecule has 0 amide bonds. The number of hydrogen-bond donors (Lipinski definition) is 1. The molecule has 0 fully saturated rings. The topological polar surface area (TPSA) is 108 Å². The van der Waals surface area contributed by atoms with Crippen LogP contribution in [0.4, 0.5) is 0 Å². The van der Waals surface area contributed by atoms with Gasteiger partial charge in [-0.15, -0.1) is 0 Å². The number of nitrogens with zero attached hydrogens (tertiary/aromatic N) is 1. The highest BCUT2D eigenvalue weighted by Crippen LogP contribution is 2.43. The van der Waals surface area contributed by atoms with Gasteiger partial charge in [0, 0.05) is 12.8 Å². The summed E-state index contributed by atoms with van der Waals surface area (Å²) in [4.78, 5) is 35.6. The molecule has 2 unspecified atom stereocenters. The van der Waals surface area contributed by atoms with Gasteiger partial charge in [0.2, 0.25) is 0 Å². The zero-order chi connectivity index (χ0) is 52.0. The fourth-order valence-corrected chi connectivity index (χ4v) is 8.76. The predicted octanol–water partition coefficient (Wildman–Crippen LogP) is 18.1. The summed E-state index contributed by atoms with van der Waals surface area (Å²) in [7, 11) is 1.48. The summed E-state index contributed by atoms with van der Waals surface area (Å²) in [5, 5.41) is 0. The second-order valence-corrected chi connectivity index (χ2v) is 22.1. The summed E-state index contributed by atoms with van der Waals surface area (Å²) < 4.78 is 34.5. The van der Waals surface area contributed by atoms with Crippen LogP contribution >= 0.6 is 7.82 Å². The van der Waals surface area contributed by atoms with Crippen molar-refractivity contribution in [1.29, 1.82) is 0 Å². The van der Waals surface area contributed by atoms with Gasteiger partial charge in [0.25, 0.3) is 0 Å². The molecule has 71 heavy (non-hydrogen) atoms. The number of carbonyl (C=O) groups is 2. The first kappa shape index (κ1) is 68.5. The van der Waals surface area contributed by atoms with Gasteiger partial charge in [0.1, 0.15) is 19.8 Å². The molecule has 0 heterocycles. The van der Waals surface area contributed by atoms with E-state index in [-0.39, 0.29) is 25.6 Å². The third-order valence-electron chi connectivity index (χ3n) is 12.5. The fraction of sp³-hybridized carbons (Fsp3) is 0.770. The van der Waals surface area contributed by atoms with Gasteiger partial charge in [0.05, 0.1) is 27.7 Å². The maximum Gasteiger partial charge on any atom is 0.472 e. The number of phosphoric acid groups is 1.